The highest BCUT2D eigenvalue weighted by molar-refractivity contribution is 7.07. The highest BCUT2D eigenvalue weighted by Crippen LogP contribution is 2.05. The summed E-state index contributed by atoms with van der Waals surface area (Å²) >= 11 is 7.04. The van der Waals surface area contributed by atoms with E-state index < -0.39 is 0 Å². The Morgan fingerprint density at radius 2 is 2.43 bits per heavy atom. The first kappa shape index (κ1) is 11.3. The van der Waals surface area contributed by atoms with Gasteiger partial charge in [-0.25, -0.2) is 0 Å². The number of hydrogen-bond donors (Lipinski definition) is 1. The van der Waals surface area contributed by atoms with Crippen molar-refractivity contribution in [3.8, 4) is 0 Å². The molecule has 1 N–H and O–H groups in total. The van der Waals surface area contributed by atoms with Crippen LogP contribution in [-0.4, -0.2) is 18.3 Å². The SMILES string of the molecule is O=C(Cc1ccsc1)NC/C=C/CCl. The maximum atomic E-state index is 11.3. The van der Waals surface area contributed by atoms with E-state index in [1.54, 1.807) is 11.3 Å². The molecular formula is C10H12ClNOS. The number of amides is 1. The van der Waals surface area contributed by atoms with Crippen LogP contribution in [0, 0.1) is 0 Å². The molecule has 0 spiro atoms. The molecule has 0 atom stereocenters. The highest BCUT2D eigenvalue weighted by Gasteiger charge is 2.01. The quantitative estimate of drug-likeness (QED) is 0.609. The van der Waals surface area contributed by atoms with Gasteiger partial charge in [0.15, 0.2) is 0 Å². The third-order valence-corrected chi connectivity index (χ3v) is 2.53. The van der Waals surface area contributed by atoms with E-state index in [1.807, 2.05) is 29.0 Å². The standard InChI is InChI=1S/C10H12ClNOS/c11-4-1-2-5-12-10(13)7-9-3-6-14-8-9/h1-3,6,8H,4-5,7H2,(H,12,13)/b2-1+. The zero-order valence-electron chi connectivity index (χ0n) is 7.70. The second-order valence-corrected chi connectivity index (χ2v) is 3.83. The van der Waals surface area contributed by atoms with E-state index >= 15 is 0 Å². The molecule has 1 rings (SSSR count). The Labute approximate surface area is 92.6 Å². The molecule has 0 bridgehead atoms. The number of hydrogen-bond acceptors (Lipinski definition) is 2. The van der Waals surface area contributed by atoms with Gasteiger partial charge in [-0.15, -0.1) is 11.6 Å². The van der Waals surface area contributed by atoms with Gasteiger partial charge in [0.2, 0.25) is 5.91 Å². The van der Waals surface area contributed by atoms with Crippen LogP contribution in [0.3, 0.4) is 0 Å². The fourth-order valence-electron chi connectivity index (χ4n) is 0.960. The van der Waals surface area contributed by atoms with Crippen molar-refractivity contribution in [2.24, 2.45) is 0 Å². The van der Waals surface area contributed by atoms with Crippen molar-refractivity contribution in [2.75, 3.05) is 12.4 Å². The van der Waals surface area contributed by atoms with E-state index in [4.69, 9.17) is 11.6 Å². The lowest BCUT2D eigenvalue weighted by molar-refractivity contribution is -0.120. The predicted molar refractivity (Wildman–Crippen MR) is 60.9 cm³/mol. The Morgan fingerprint density at radius 3 is 3.07 bits per heavy atom. The molecule has 2 nitrogen and oxygen atoms in total. The molecule has 76 valence electrons. The van der Waals surface area contributed by atoms with Gasteiger partial charge in [-0.05, 0) is 22.4 Å². The Morgan fingerprint density at radius 1 is 1.57 bits per heavy atom. The van der Waals surface area contributed by atoms with Crippen molar-refractivity contribution >= 4 is 28.8 Å². The number of allylic oxidation sites excluding steroid dienone is 1. The normalized spacial score (nSPS) is 10.6. The van der Waals surface area contributed by atoms with Crippen LogP contribution in [0.15, 0.2) is 29.0 Å². The van der Waals surface area contributed by atoms with E-state index in [0.29, 0.717) is 18.8 Å². The average Bonchev–Trinajstić information content (AvgIpc) is 2.65. The van der Waals surface area contributed by atoms with Crippen molar-refractivity contribution in [1.29, 1.82) is 0 Å². The molecule has 1 amide bonds. The van der Waals surface area contributed by atoms with Crippen LogP contribution < -0.4 is 5.32 Å². The fraction of sp³-hybridized carbons (Fsp3) is 0.300. The van der Waals surface area contributed by atoms with Crippen LogP contribution in [-0.2, 0) is 11.2 Å². The lowest BCUT2D eigenvalue weighted by atomic mass is 10.2. The number of halogens is 1. The Hall–Kier alpha value is -0.800. The Balaban J connectivity index is 2.20. The molecule has 0 aliphatic carbocycles. The minimum atomic E-state index is 0.0441. The zero-order chi connectivity index (χ0) is 10.2. The van der Waals surface area contributed by atoms with Gasteiger partial charge in [-0.2, -0.15) is 11.3 Å². The molecule has 1 aromatic rings. The van der Waals surface area contributed by atoms with Crippen molar-refractivity contribution < 1.29 is 4.79 Å². The summed E-state index contributed by atoms with van der Waals surface area (Å²) in [5.74, 6) is 0.531. The molecule has 0 aliphatic rings. The topological polar surface area (TPSA) is 29.1 Å². The maximum Gasteiger partial charge on any atom is 0.224 e. The average molecular weight is 230 g/mol. The first-order valence-electron chi connectivity index (χ1n) is 4.31. The van der Waals surface area contributed by atoms with E-state index in [-0.39, 0.29) is 5.91 Å². The molecule has 0 radical (unpaired) electrons. The lowest BCUT2D eigenvalue weighted by Gasteiger charge is -1.99. The maximum absolute atomic E-state index is 11.3. The van der Waals surface area contributed by atoms with Gasteiger partial charge < -0.3 is 5.32 Å². The molecule has 0 saturated heterocycles. The summed E-state index contributed by atoms with van der Waals surface area (Å²) in [6.45, 7) is 0.551. The molecule has 0 unspecified atom stereocenters. The van der Waals surface area contributed by atoms with Gasteiger partial charge in [-0.1, -0.05) is 12.2 Å². The lowest BCUT2D eigenvalue weighted by Crippen LogP contribution is -2.24. The van der Waals surface area contributed by atoms with Crippen molar-refractivity contribution in [2.45, 2.75) is 6.42 Å². The van der Waals surface area contributed by atoms with Gasteiger partial charge in [0.05, 0.1) is 6.42 Å². The largest absolute Gasteiger partial charge is 0.352 e. The van der Waals surface area contributed by atoms with Gasteiger partial charge in [-0.3, -0.25) is 4.79 Å². The summed E-state index contributed by atoms with van der Waals surface area (Å²) in [7, 11) is 0. The summed E-state index contributed by atoms with van der Waals surface area (Å²) in [5, 5.41) is 6.72. The third kappa shape index (κ3) is 4.44. The molecule has 0 saturated carbocycles. The molecular weight excluding hydrogens is 218 g/mol. The van der Waals surface area contributed by atoms with Crippen LogP contribution in [0.4, 0.5) is 0 Å². The van der Waals surface area contributed by atoms with Crippen LogP contribution in [0.2, 0.25) is 0 Å². The fourth-order valence-corrected chi connectivity index (χ4v) is 1.75. The minimum absolute atomic E-state index is 0.0441. The second-order valence-electron chi connectivity index (χ2n) is 2.74. The highest BCUT2D eigenvalue weighted by atomic mass is 35.5. The van der Waals surface area contributed by atoms with Crippen molar-refractivity contribution in [3.05, 3.63) is 34.5 Å². The second kappa shape index (κ2) is 6.62. The summed E-state index contributed by atoms with van der Waals surface area (Å²) in [4.78, 5) is 11.3. The molecule has 1 heterocycles. The van der Waals surface area contributed by atoms with Crippen LogP contribution in [0.5, 0.6) is 0 Å². The van der Waals surface area contributed by atoms with E-state index in [0.717, 1.165) is 5.56 Å². The first-order valence-corrected chi connectivity index (χ1v) is 5.79. The van der Waals surface area contributed by atoms with Gasteiger partial charge in [0, 0.05) is 12.4 Å². The number of thiophene rings is 1. The molecule has 14 heavy (non-hydrogen) atoms. The summed E-state index contributed by atoms with van der Waals surface area (Å²) < 4.78 is 0. The van der Waals surface area contributed by atoms with E-state index in [9.17, 15) is 4.79 Å². The predicted octanol–water partition coefficient (Wildman–Crippen LogP) is 2.20. The zero-order valence-corrected chi connectivity index (χ0v) is 9.27. The molecule has 0 fully saturated rings. The van der Waals surface area contributed by atoms with E-state index in [2.05, 4.69) is 5.32 Å². The summed E-state index contributed by atoms with van der Waals surface area (Å²) in [6, 6.07) is 1.96. The van der Waals surface area contributed by atoms with Crippen molar-refractivity contribution in [3.63, 3.8) is 0 Å². The van der Waals surface area contributed by atoms with Crippen molar-refractivity contribution in [1.82, 2.24) is 5.32 Å². The number of rotatable bonds is 5. The van der Waals surface area contributed by atoms with Gasteiger partial charge in [0.1, 0.15) is 0 Å². The van der Waals surface area contributed by atoms with Crippen LogP contribution >= 0.6 is 22.9 Å². The summed E-state index contributed by atoms with van der Waals surface area (Å²) in [6.07, 6.45) is 4.11. The number of nitrogens with one attached hydrogen (secondary N) is 1. The number of carbonyl (C=O) groups is 1. The Kier molecular flexibility index (Phi) is 5.33. The molecule has 1 aromatic heterocycles. The molecule has 0 aliphatic heterocycles. The van der Waals surface area contributed by atoms with Gasteiger partial charge in [0.25, 0.3) is 0 Å². The summed E-state index contributed by atoms with van der Waals surface area (Å²) in [5.41, 5.74) is 1.06. The Bertz CT molecular complexity index is 295. The smallest absolute Gasteiger partial charge is 0.224 e. The molecule has 4 heteroatoms. The van der Waals surface area contributed by atoms with Crippen LogP contribution in [0.1, 0.15) is 5.56 Å². The van der Waals surface area contributed by atoms with Gasteiger partial charge >= 0.3 is 0 Å². The molecule has 0 aromatic carbocycles. The number of carbonyl (C=O) groups excluding carboxylic acids is 1. The number of alkyl halides is 1. The van der Waals surface area contributed by atoms with E-state index in [1.165, 1.54) is 0 Å². The first-order chi connectivity index (χ1) is 6.83. The minimum Gasteiger partial charge on any atom is -0.352 e. The van der Waals surface area contributed by atoms with Crippen LogP contribution in [0.25, 0.3) is 0 Å². The monoisotopic (exact) mass is 229 g/mol. The third-order valence-electron chi connectivity index (χ3n) is 1.62.